The Bertz CT molecular complexity index is 856. The van der Waals surface area contributed by atoms with E-state index >= 15 is 0 Å². The molecule has 0 amide bonds. The zero-order chi connectivity index (χ0) is 17.9. The summed E-state index contributed by atoms with van der Waals surface area (Å²) in [7, 11) is 0. The van der Waals surface area contributed by atoms with Gasteiger partial charge in [0.25, 0.3) is 0 Å². The normalized spacial score (nSPS) is 17.7. The van der Waals surface area contributed by atoms with Crippen molar-refractivity contribution in [3.05, 3.63) is 60.3 Å². The summed E-state index contributed by atoms with van der Waals surface area (Å²) in [5.74, 6) is 2.74. The van der Waals surface area contributed by atoms with Crippen LogP contribution in [-0.2, 0) is 0 Å². The Morgan fingerprint density at radius 2 is 1.88 bits per heavy atom. The van der Waals surface area contributed by atoms with Crippen LogP contribution in [0.1, 0.15) is 38.7 Å². The maximum atomic E-state index is 6.12. The fourth-order valence-corrected chi connectivity index (χ4v) is 3.68. The third kappa shape index (κ3) is 2.96. The molecule has 134 valence electrons. The van der Waals surface area contributed by atoms with E-state index in [9.17, 15) is 0 Å². The van der Waals surface area contributed by atoms with Crippen molar-refractivity contribution >= 4 is 17.2 Å². The third-order valence-electron chi connectivity index (χ3n) is 4.86. The van der Waals surface area contributed by atoms with E-state index in [1.54, 1.807) is 0 Å². The van der Waals surface area contributed by atoms with Gasteiger partial charge in [-0.3, -0.25) is 0 Å². The van der Waals surface area contributed by atoms with Gasteiger partial charge >= 0.3 is 0 Å². The van der Waals surface area contributed by atoms with Gasteiger partial charge in [0.1, 0.15) is 5.84 Å². The molecule has 26 heavy (non-hydrogen) atoms. The molecule has 1 N–H and O–H groups in total. The smallest absolute Gasteiger partial charge is 0.151 e. The zero-order valence-corrected chi connectivity index (χ0v) is 15.4. The molecule has 2 aromatic rings. The Balaban J connectivity index is 1.75. The van der Waals surface area contributed by atoms with Gasteiger partial charge in [0.05, 0.1) is 17.4 Å². The highest BCUT2D eigenvalue weighted by molar-refractivity contribution is 6.06. The summed E-state index contributed by atoms with van der Waals surface area (Å²) in [5.41, 5.74) is 3.08. The number of para-hydroxylation sites is 3. The molecule has 0 fully saturated rings. The van der Waals surface area contributed by atoms with E-state index in [2.05, 4.69) is 36.2 Å². The Labute approximate surface area is 155 Å². The van der Waals surface area contributed by atoms with Crippen molar-refractivity contribution in [3.8, 4) is 11.5 Å². The average Bonchev–Trinajstić information content (AvgIpc) is 2.67. The van der Waals surface area contributed by atoms with Crippen LogP contribution in [-0.4, -0.2) is 23.3 Å². The number of nitrogens with zero attached hydrogens (tertiary/aromatic N) is 2. The van der Waals surface area contributed by atoms with Gasteiger partial charge in [-0.15, -0.1) is 0 Å². The molecule has 0 aliphatic carbocycles. The SMILES string of the molecule is CCCC1C=CN=C(c2cccc3c2Nc2ccccc2O3)N1CCC. The van der Waals surface area contributed by atoms with Crippen LogP contribution in [0, 0.1) is 0 Å². The fourth-order valence-electron chi connectivity index (χ4n) is 3.68. The summed E-state index contributed by atoms with van der Waals surface area (Å²) >= 11 is 0. The number of aliphatic imine (C=N–C) groups is 1. The lowest BCUT2D eigenvalue weighted by Gasteiger charge is -2.36. The molecule has 4 nitrogen and oxygen atoms in total. The average molecular weight is 347 g/mol. The highest BCUT2D eigenvalue weighted by Crippen LogP contribution is 2.44. The number of rotatable bonds is 5. The van der Waals surface area contributed by atoms with E-state index < -0.39 is 0 Å². The summed E-state index contributed by atoms with van der Waals surface area (Å²) in [6, 6.07) is 14.6. The number of fused-ring (bicyclic) bond motifs is 2. The predicted molar refractivity (Wildman–Crippen MR) is 108 cm³/mol. The zero-order valence-electron chi connectivity index (χ0n) is 15.4. The molecule has 0 bridgehead atoms. The van der Waals surface area contributed by atoms with Crippen molar-refractivity contribution in [3.63, 3.8) is 0 Å². The van der Waals surface area contributed by atoms with Crippen LogP contribution in [0.2, 0.25) is 0 Å². The van der Waals surface area contributed by atoms with Crippen molar-refractivity contribution in [2.75, 3.05) is 11.9 Å². The Morgan fingerprint density at radius 3 is 2.73 bits per heavy atom. The minimum Gasteiger partial charge on any atom is -0.453 e. The number of benzene rings is 2. The molecule has 2 aliphatic heterocycles. The molecule has 0 spiro atoms. The lowest BCUT2D eigenvalue weighted by atomic mass is 10.0. The molecular formula is C22H25N3O. The number of anilines is 2. The molecule has 2 heterocycles. The molecule has 4 heteroatoms. The van der Waals surface area contributed by atoms with Gasteiger partial charge < -0.3 is 15.0 Å². The van der Waals surface area contributed by atoms with Crippen molar-refractivity contribution in [1.29, 1.82) is 0 Å². The molecule has 0 aromatic heterocycles. The van der Waals surface area contributed by atoms with Crippen LogP contribution in [0.25, 0.3) is 0 Å². The lowest BCUT2D eigenvalue weighted by Crippen LogP contribution is -2.42. The van der Waals surface area contributed by atoms with Crippen LogP contribution in [0.3, 0.4) is 0 Å². The Kier molecular flexibility index (Phi) is 4.65. The summed E-state index contributed by atoms with van der Waals surface area (Å²) in [6.45, 7) is 5.45. The van der Waals surface area contributed by atoms with Gasteiger partial charge in [-0.2, -0.15) is 0 Å². The first kappa shape index (κ1) is 16.7. The van der Waals surface area contributed by atoms with Crippen LogP contribution in [0.5, 0.6) is 11.5 Å². The number of hydrogen-bond acceptors (Lipinski definition) is 4. The Morgan fingerprint density at radius 1 is 1.04 bits per heavy atom. The van der Waals surface area contributed by atoms with Crippen LogP contribution >= 0.6 is 0 Å². The largest absolute Gasteiger partial charge is 0.453 e. The minimum absolute atomic E-state index is 0.403. The molecule has 0 radical (unpaired) electrons. The molecule has 1 unspecified atom stereocenters. The van der Waals surface area contributed by atoms with Crippen LogP contribution in [0.15, 0.2) is 59.7 Å². The molecule has 2 aromatic carbocycles. The van der Waals surface area contributed by atoms with E-state index in [0.717, 1.165) is 60.1 Å². The van der Waals surface area contributed by atoms with Crippen molar-refractivity contribution in [2.45, 2.75) is 39.2 Å². The van der Waals surface area contributed by atoms with Crippen molar-refractivity contribution in [2.24, 2.45) is 4.99 Å². The van der Waals surface area contributed by atoms with Gasteiger partial charge in [-0.1, -0.05) is 38.5 Å². The Hall–Kier alpha value is -2.75. The van der Waals surface area contributed by atoms with Gasteiger partial charge in [0.15, 0.2) is 11.5 Å². The standard InChI is InChI=1S/C22H25N3O/c1-3-8-16-13-14-23-22(25(16)15-4-2)17-9-7-12-20-21(17)24-18-10-5-6-11-19(18)26-20/h5-7,9-14,16,24H,3-4,8,15H2,1-2H3. The predicted octanol–water partition coefficient (Wildman–Crippen LogP) is 5.69. The fraction of sp³-hybridized carbons (Fsp3) is 0.318. The first-order valence-corrected chi connectivity index (χ1v) is 9.50. The first-order valence-electron chi connectivity index (χ1n) is 9.50. The summed E-state index contributed by atoms with van der Waals surface area (Å²) in [5, 5.41) is 3.56. The lowest BCUT2D eigenvalue weighted by molar-refractivity contribution is 0.336. The minimum atomic E-state index is 0.403. The number of nitrogens with one attached hydrogen (secondary N) is 1. The molecule has 0 saturated heterocycles. The summed E-state index contributed by atoms with van der Waals surface area (Å²) in [6.07, 6.45) is 7.56. The first-order chi connectivity index (χ1) is 12.8. The van der Waals surface area contributed by atoms with E-state index in [1.807, 2.05) is 42.6 Å². The monoisotopic (exact) mass is 347 g/mol. The van der Waals surface area contributed by atoms with E-state index in [-0.39, 0.29) is 0 Å². The quantitative estimate of drug-likeness (QED) is 0.644. The van der Waals surface area contributed by atoms with E-state index in [1.165, 1.54) is 0 Å². The molecule has 2 aliphatic rings. The van der Waals surface area contributed by atoms with Gasteiger partial charge in [0.2, 0.25) is 0 Å². The number of ether oxygens (including phenoxy) is 1. The second-order valence-electron chi connectivity index (χ2n) is 6.75. The van der Waals surface area contributed by atoms with Crippen LogP contribution < -0.4 is 10.1 Å². The van der Waals surface area contributed by atoms with Gasteiger partial charge in [0, 0.05) is 18.3 Å². The highest BCUT2D eigenvalue weighted by atomic mass is 16.5. The summed E-state index contributed by atoms with van der Waals surface area (Å²) in [4.78, 5) is 7.19. The summed E-state index contributed by atoms with van der Waals surface area (Å²) < 4.78 is 6.12. The second-order valence-corrected chi connectivity index (χ2v) is 6.75. The van der Waals surface area contributed by atoms with E-state index in [4.69, 9.17) is 9.73 Å². The van der Waals surface area contributed by atoms with Crippen molar-refractivity contribution < 1.29 is 4.74 Å². The number of hydrogen-bond donors (Lipinski definition) is 1. The number of amidine groups is 1. The van der Waals surface area contributed by atoms with Gasteiger partial charge in [-0.25, -0.2) is 4.99 Å². The molecule has 0 saturated carbocycles. The topological polar surface area (TPSA) is 36.9 Å². The van der Waals surface area contributed by atoms with Crippen LogP contribution in [0.4, 0.5) is 11.4 Å². The van der Waals surface area contributed by atoms with E-state index in [0.29, 0.717) is 6.04 Å². The molecular weight excluding hydrogens is 322 g/mol. The maximum Gasteiger partial charge on any atom is 0.151 e. The third-order valence-corrected chi connectivity index (χ3v) is 4.86. The second kappa shape index (κ2) is 7.24. The maximum absolute atomic E-state index is 6.12. The highest BCUT2D eigenvalue weighted by Gasteiger charge is 2.27. The molecule has 4 rings (SSSR count). The van der Waals surface area contributed by atoms with Gasteiger partial charge in [-0.05, 0) is 43.2 Å². The van der Waals surface area contributed by atoms with Crippen molar-refractivity contribution in [1.82, 2.24) is 4.90 Å². The molecule has 1 atom stereocenters.